The second-order valence-corrected chi connectivity index (χ2v) is 5.07. The molecule has 0 bridgehead atoms. The Balaban J connectivity index is 1.98. The molecule has 0 saturated carbocycles. The van der Waals surface area contributed by atoms with Crippen molar-refractivity contribution in [1.29, 1.82) is 0 Å². The van der Waals surface area contributed by atoms with E-state index in [0.717, 1.165) is 6.54 Å². The summed E-state index contributed by atoms with van der Waals surface area (Å²) in [4.78, 5) is 2.59. The normalized spacial score (nSPS) is 25.3. The molecule has 1 aliphatic rings. The Hall–Kier alpha value is -0.380. The molecule has 1 N–H and O–H groups in total. The fourth-order valence-electron chi connectivity index (χ4n) is 2.20. The Labute approximate surface area is 96.3 Å². The van der Waals surface area contributed by atoms with Gasteiger partial charge >= 0.3 is 0 Å². The van der Waals surface area contributed by atoms with Crippen molar-refractivity contribution in [2.45, 2.75) is 32.4 Å². The molecular weight excluding hydrogens is 204 g/mol. The first kappa shape index (κ1) is 11.1. The van der Waals surface area contributed by atoms with E-state index in [0.29, 0.717) is 12.1 Å². The average Bonchev–Trinajstić information content (AvgIpc) is 2.81. The fraction of sp³-hybridized carbons (Fsp3) is 0.667. The molecule has 3 heteroatoms. The lowest BCUT2D eigenvalue weighted by atomic mass is 10.1. The van der Waals surface area contributed by atoms with Crippen LogP contribution in [0.25, 0.3) is 0 Å². The van der Waals surface area contributed by atoms with Crippen LogP contribution in [0.2, 0.25) is 0 Å². The maximum absolute atomic E-state index is 3.56. The van der Waals surface area contributed by atoms with E-state index in [1.54, 1.807) is 11.3 Å². The number of hydrogen-bond donors (Lipinski definition) is 1. The monoisotopic (exact) mass is 224 g/mol. The molecule has 1 aromatic heterocycles. The predicted molar refractivity (Wildman–Crippen MR) is 66.4 cm³/mol. The smallest absolute Gasteiger partial charge is 0.0329 e. The van der Waals surface area contributed by atoms with Crippen LogP contribution in [0.3, 0.4) is 0 Å². The summed E-state index contributed by atoms with van der Waals surface area (Å²) in [7, 11) is 0. The number of rotatable bonds is 3. The minimum absolute atomic E-state index is 0.576. The predicted octanol–water partition coefficient (Wildman–Crippen LogP) is 2.49. The molecule has 1 saturated heterocycles. The molecule has 1 aliphatic heterocycles. The highest BCUT2D eigenvalue weighted by molar-refractivity contribution is 7.07. The summed E-state index contributed by atoms with van der Waals surface area (Å²) < 4.78 is 0. The Bertz CT molecular complexity index is 284. The van der Waals surface area contributed by atoms with Crippen molar-refractivity contribution in [3.05, 3.63) is 22.4 Å². The first-order valence-electron chi connectivity index (χ1n) is 5.80. The number of thiophene rings is 1. The van der Waals surface area contributed by atoms with Gasteiger partial charge in [0.25, 0.3) is 0 Å². The molecule has 1 fully saturated rings. The molecule has 2 nitrogen and oxygen atoms in total. The van der Waals surface area contributed by atoms with E-state index in [1.807, 2.05) is 0 Å². The minimum Gasteiger partial charge on any atom is -0.311 e. The van der Waals surface area contributed by atoms with Gasteiger partial charge in [0.15, 0.2) is 0 Å². The molecule has 2 unspecified atom stereocenters. The first-order chi connectivity index (χ1) is 7.31. The van der Waals surface area contributed by atoms with Gasteiger partial charge in [-0.05, 0) is 35.7 Å². The summed E-state index contributed by atoms with van der Waals surface area (Å²) in [6.07, 6.45) is 1.23. The third-order valence-electron chi connectivity index (χ3n) is 3.35. The summed E-state index contributed by atoms with van der Waals surface area (Å²) in [6, 6.07) is 3.51. The van der Waals surface area contributed by atoms with E-state index in [9.17, 15) is 0 Å². The minimum atomic E-state index is 0.576. The fourth-order valence-corrected chi connectivity index (χ4v) is 2.95. The highest BCUT2D eigenvalue weighted by atomic mass is 32.1. The largest absolute Gasteiger partial charge is 0.311 e. The molecule has 2 rings (SSSR count). The van der Waals surface area contributed by atoms with Gasteiger partial charge in [0, 0.05) is 31.7 Å². The van der Waals surface area contributed by atoms with Crippen molar-refractivity contribution in [2.75, 3.05) is 19.6 Å². The highest BCUT2D eigenvalue weighted by Gasteiger charge is 2.22. The second-order valence-electron chi connectivity index (χ2n) is 4.29. The molecule has 0 aromatic carbocycles. The van der Waals surface area contributed by atoms with Crippen molar-refractivity contribution >= 4 is 11.3 Å². The summed E-state index contributed by atoms with van der Waals surface area (Å²) in [5, 5.41) is 8.00. The van der Waals surface area contributed by atoms with Crippen molar-refractivity contribution in [3.63, 3.8) is 0 Å². The topological polar surface area (TPSA) is 15.3 Å². The molecule has 2 heterocycles. The van der Waals surface area contributed by atoms with E-state index in [2.05, 4.69) is 40.9 Å². The highest BCUT2D eigenvalue weighted by Crippen LogP contribution is 2.23. The van der Waals surface area contributed by atoms with Crippen LogP contribution in [0, 0.1) is 0 Å². The van der Waals surface area contributed by atoms with Crippen LogP contribution in [0.1, 0.15) is 31.9 Å². The molecule has 0 amide bonds. The van der Waals surface area contributed by atoms with Crippen molar-refractivity contribution in [1.82, 2.24) is 10.2 Å². The summed E-state index contributed by atoms with van der Waals surface area (Å²) in [5.41, 5.74) is 1.47. The Morgan fingerprint density at radius 1 is 1.67 bits per heavy atom. The molecular formula is C12H20N2S. The van der Waals surface area contributed by atoms with Crippen LogP contribution in [0.5, 0.6) is 0 Å². The number of nitrogens with one attached hydrogen (secondary N) is 1. The van der Waals surface area contributed by atoms with Crippen molar-refractivity contribution < 1.29 is 0 Å². The molecule has 84 valence electrons. The lowest BCUT2D eigenvalue weighted by Crippen LogP contribution is -2.50. The van der Waals surface area contributed by atoms with Crippen LogP contribution < -0.4 is 5.32 Å². The van der Waals surface area contributed by atoms with E-state index < -0.39 is 0 Å². The average molecular weight is 224 g/mol. The van der Waals surface area contributed by atoms with Gasteiger partial charge in [0.2, 0.25) is 0 Å². The Morgan fingerprint density at radius 2 is 2.53 bits per heavy atom. The lowest BCUT2D eigenvalue weighted by Gasteiger charge is -2.37. The van der Waals surface area contributed by atoms with Crippen LogP contribution in [-0.4, -0.2) is 30.6 Å². The molecule has 0 radical (unpaired) electrons. The molecule has 15 heavy (non-hydrogen) atoms. The quantitative estimate of drug-likeness (QED) is 0.848. The Kier molecular flexibility index (Phi) is 3.78. The number of nitrogens with zero attached hydrogens (tertiary/aromatic N) is 1. The van der Waals surface area contributed by atoms with Crippen LogP contribution in [0.15, 0.2) is 16.8 Å². The van der Waals surface area contributed by atoms with Crippen molar-refractivity contribution in [3.8, 4) is 0 Å². The van der Waals surface area contributed by atoms with Crippen LogP contribution in [0.4, 0.5) is 0 Å². The summed E-state index contributed by atoms with van der Waals surface area (Å²) in [6.45, 7) is 8.07. The van der Waals surface area contributed by atoms with Gasteiger partial charge in [0.05, 0.1) is 0 Å². The molecule has 2 atom stereocenters. The van der Waals surface area contributed by atoms with Gasteiger partial charge in [-0.1, -0.05) is 6.92 Å². The Morgan fingerprint density at radius 3 is 3.20 bits per heavy atom. The van der Waals surface area contributed by atoms with E-state index in [-0.39, 0.29) is 0 Å². The zero-order valence-corrected chi connectivity index (χ0v) is 10.4. The zero-order valence-electron chi connectivity index (χ0n) is 9.57. The number of hydrogen-bond acceptors (Lipinski definition) is 3. The summed E-state index contributed by atoms with van der Waals surface area (Å²) in [5.74, 6) is 0. The first-order valence-corrected chi connectivity index (χ1v) is 6.75. The standard InChI is InChI=1S/C12H20N2S/c1-3-12-8-14(6-5-13-12)10(2)11-4-7-15-9-11/h4,7,9-10,12-13H,3,5-6,8H2,1-2H3. The van der Waals surface area contributed by atoms with Gasteiger partial charge < -0.3 is 5.32 Å². The van der Waals surface area contributed by atoms with Gasteiger partial charge in [-0.3, -0.25) is 4.90 Å². The van der Waals surface area contributed by atoms with Crippen LogP contribution >= 0.6 is 11.3 Å². The summed E-state index contributed by atoms with van der Waals surface area (Å²) >= 11 is 1.80. The van der Waals surface area contributed by atoms with Gasteiger partial charge in [-0.25, -0.2) is 0 Å². The van der Waals surface area contributed by atoms with E-state index in [4.69, 9.17) is 0 Å². The van der Waals surface area contributed by atoms with E-state index >= 15 is 0 Å². The SMILES string of the molecule is CCC1CN(C(C)c2ccsc2)CCN1. The van der Waals surface area contributed by atoms with Gasteiger partial charge in [0.1, 0.15) is 0 Å². The van der Waals surface area contributed by atoms with Crippen molar-refractivity contribution in [2.24, 2.45) is 0 Å². The maximum atomic E-state index is 3.56. The second kappa shape index (κ2) is 5.10. The third kappa shape index (κ3) is 2.60. The maximum Gasteiger partial charge on any atom is 0.0329 e. The molecule has 1 aromatic rings. The number of piperazine rings is 1. The lowest BCUT2D eigenvalue weighted by molar-refractivity contribution is 0.151. The molecule has 0 aliphatic carbocycles. The van der Waals surface area contributed by atoms with Gasteiger partial charge in [-0.2, -0.15) is 11.3 Å². The third-order valence-corrected chi connectivity index (χ3v) is 4.05. The van der Waals surface area contributed by atoms with E-state index in [1.165, 1.54) is 25.1 Å². The van der Waals surface area contributed by atoms with Gasteiger partial charge in [-0.15, -0.1) is 0 Å². The van der Waals surface area contributed by atoms with Crippen LogP contribution in [-0.2, 0) is 0 Å². The molecule has 0 spiro atoms. The zero-order chi connectivity index (χ0) is 10.7.